The van der Waals surface area contributed by atoms with Crippen LogP contribution in [0.4, 0.5) is 10.6 Å². The van der Waals surface area contributed by atoms with Crippen LogP contribution in [0.2, 0.25) is 0 Å². The lowest BCUT2D eigenvalue weighted by Gasteiger charge is -2.35. The minimum absolute atomic E-state index is 0.0130. The van der Waals surface area contributed by atoms with E-state index in [1.807, 2.05) is 9.80 Å². The Labute approximate surface area is 171 Å². The number of piperazine rings is 1. The van der Waals surface area contributed by atoms with Crippen molar-refractivity contribution >= 4 is 11.8 Å². The Morgan fingerprint density at radius 2 is 2.00 bits per heavy atom. The predicted molar refractivity (Wildman–Crippen MR) is 113 cm³/mol. The SMILES string of the molecule is Cc1cccc(C2CC2C(C)NC(=O)N2CCN(c3nccn(C)c3=O)CC2)c1. The fraction of sp³-hybridized carbons (Fsp3) is 0.500. The van der Waals surface area contributed by atoms with Crippen LogP contribution in [0.25, 0.3) is 0 Å². The highest BCUT2D eigenvalue weighted by Gasteiger charge is 2.43. The summed E-state index contributed by atoms with van der Waals surface area (Å²) in [4.78, 5) is 33.0. The van der Waals surface area contributed by atoms with Gasteiger partial charge in [0.25, 0.3) is 5.56 Å². The zero-order chi connectivity index (χ0) is 20.5. The Kier molecular flexibility index (Phi) is 5.30. The van der Waals surface area contributed by atoms with Gasteiger partial charge in [0.05, 0.1) is 0 Å². The Bertz CT molecular complexity index is 948. The summed E-state index contributed by atoms with van der Waals surface area (Å²) in [7, 11) is 1.72. The molecule has 4 rings (SSSR count). The van der Waals surface area contributed by atoms with Gasteiger partial charge in [-0.25, -0.2) is 9.78 Å². The van der Waals surface area contributed by atoms with Crippen LogP contribution in [-0.2, 0) is 7.05 Å². The summed E-state index contributed by atoms with van der Waals surface area (Å²) < 4.78 is 1.53. The van der Waals surface area contributed by atoms with Crippen molar-refractivity contribution < 1.29 is 4.79 Å². The van der Waals surface area contributed by atoms with Gasteiger partial charge in [-0.2, -0.15) is 0 Å². The summed E-state index contributed by atoms with van der Waals surface area (Å²) in [6, 6.07) is 8.80. The second kappa shape index (κ2) is 7.89. The molecule has 1 aliphatic heterocycles. The molecule has 2 aromatic rings. The number of carbonyl (C=O) groups is 1. The zero-order valence-electron chi connectivity index (χ0n) is 17.3. The van der Waals surface area contributed by atoms with Crippen molar-refractivity contribution in [3.8, 4) is 0 Å². The zero-order valence-corrected chi connectivity index (χ0v) is 17.3. The average molecular weight is 396 g/mol. The van der Waals surface area contributed by atoms with Crippen LogP contribution in [0.3, 0.4) is 0 Å². The topological polar surface area (TPSA) is 70.5 Å². The van der Waals surface area contributed by atoms with Crippen LogP contribution < -0.4 is 15.8 Å². The van der Waals surface area contributed by atoms with Gasteiger partial charge < -0.3 is 19.7 Å². The lowest BCUT2D eigenvalue weighted by atomic mass is 10.0. The lowest BCUT2D eigenvalue weighted by molar-refractivity contribution is 0.189. The Morgan fingerprint density at radius 1 is 1.24 bits per heavy atom. The maximum Gasteiger partial charge on any atom is 0.317 e. The number of hydrogen-bond acceptors (Lipinski definition) is 4. The summed E-state index contributed by atoms with van der Waals surface area (Å²) in [5.74, 6) is 1.50. The predicted octanol–water partition coefficient (Wildman–Crippen LogP) is 2.11. The first-order valence-corrected chi connectivity index (χ1v) is 10.3. The van der Waals surface area contributed by atoms with Gasteiger partial charge in [0.2, 0.25) is 0 Å². The number of hydrogen-bond donors (Lipinski definition) is 1. The fourth-order valence-electron chi connectivity index (χ4n) is 4.27. The maximum atomic E-state index is 12.7. The molecule has 0 spiro atoms. The van der Waals surface area contributed by atoms with E-state index in [0.29, 0.717) is 43.8 Å². The summed E-state index contributed by atoms with van der Waals surface area (Å²) in [6.07, 6.45) is 4.41. The molecule has 1 saturated heterocycles. The second-order valence-corrected chi connectivity index (χ2v) is 8.30. The molecular formula is C22H29N5O2. The quantitative estimate of drug-likeness (QED) is 0.861. The molecule has 3 unspecified atom stereocenters. The van der Waals surface area contributed by atoms with E-state index in [-0.39, 0.29) is 17.6 Å². The van der Waals surface area contributed by atoms with E-state index in [1.54, 1.807) is 19.4 Å². The van der Waals surface area contributed by atoms with Crippen molar-refractivity contribution in [2.75, 3.05) is 31.1 Å². The molecule has 7 heteroatoms. The highest BCUT2D eigenvalue weighted by Crippen LogP contribution is 2.49. The molecule has 154 valence electrons. The molecular weight excluding hydrogens is 366 g/mol. The summed E-state index contributed by atoms with van der Waals surface area (Å²) >= 11 is 0. The molecule has 29 heavy (non-hydrogen) atoms. The third-order valence-corrected chi connectivity index (χ3v) is 6.17. The van der Waals surface area contributed by atoms with Crippen LogP contribution >= 0.6 is 0 Å². The summed E-state index contributed by atoms with van der Waals surface area (Å²) in [5.41, 5.74) is 2.56. The molecule has 2 fully saturated rings. The summed E-state index contributed by atoms with van der Waals surface area (Å²) in [6.45, 7) is 6.63. The molecule has 1 aliphatic carbocycles. The molecule has 1 N–H and O–H groups in total. The van der Waals surface area contributed by atoms with Crippen LogP contribution in [0.1, 0.15) is 30.4 Å². The fourth-order valence-corrected chi connectivity index (χ4v) is 4.27. The van der Waals surface area contributed by atoms with Gasteiger partial charge in [0.15, 0.2) is 5.82 Å². The van der Waals surface area contributed by atoms with E-state index in [2.05, 4.69) is 48.4 Å². The molecule has 0 radical (unpaired) electrons. The smallest absolute Gasteiger partial charge is 0.317 e. The minimum Gasteiger partial charge on any atom is -0.348 e. The third kappa shape index (κ3) is 4.13. The summed E-state index contributed by atoms with van der Waals surface area (Å²) in [5, 5.41) is 3.19. The highest BCUT2D eigenvalue weighted by atomic mass is 16.2. The Hall–Kier alpha value is -2.83. The van der Waals surface area contributed by atoms with E-state index in [0.717, 1.165) is 6.42 Å². The van der Waals surface area contributed by atoms with Crippen LogP contribution in [0.15, 0.2) is 41.5 Å². The molecule has 3 atom stereocenters. The second-order valence-electron chi connectivity index (χ2n) is 8.30. The average Bonchev–Trinajstić information content (AvgIpc) is 3.51. The number of rotatable bonds is 4. The van der Waals surface area contributed by atoms with Crippen molar-refractivity contribution in [1.29, 1.82) is 0 Å². The number of nitrogens with one attached hydrogen (secondary N) is 1. The minimum atomic E-state index is -0.102. The number of nitrogens with zero attached hydrogens (tertiary/aromatic N) is 4. The molecule has 2 heterocycles. The van der Waals surface area contributed by atoms with Crippen LogP contribution in [0.5, 0.6) is 0 Å². The van der Waals surface area contributed by atoms with E-state index in [4.69, 9.17) is 0 Å². The van der Waals surface area contributed by atoms with Gasteiger partial charge in [0, 0.05) is 51.7 Å². The first-order valence-electron chi connectivity index (χ1n) is 10.3. The number of carbonyl (C=O) groups excluding carboxylic acids is 1. The van der Waals surface area contributed by atoms with E-state index in [1.165, 1.54) is 15.7 Å². The number of amides is 2. The van der Waals surface area contributed by atoms with Gasteiger partial charge in [-0.1, -0.05) is 29.8 Å². The maximum absolute atomic E-state index is 12.7. The van der Waals surface area contributed by atoms with Crippen molar-refractivity contribution in [3.05, 3.63) is 58.1 Å². The molecule has 2 aliphatic rings. The molecule has 1 saturated carbocycles. The first kappa shape index (κ1) is 19.5. The Morgan fingerprint density at radius 3 is 2.72 bits per heavy atom. The normalized spacial score (nSPS) is 22.3. The van der Waals surface area contributed by atoms with Gasteiger partial charge in [-0.3, -0.25) is 4.79 Å². The number of benzene rings is 1. The molecule has 7 nitrogen and oxygen atoms in total. The van der Waals surface area contributed by atoms with Crippen LogP contribution in [-0.4, -0.2) is 52.7 Å². The van der Waals surface area contributed by atoms with E-state index in [9.17, 15) is 9.59 Å². The van der Waals surface area contributed by atoms with E-state index < -0.39 is 0 Å². The molecule has 1 aromatic carbocycles. The number of aromatic nitrogens is 2. The number of anilines is 1. The molecule has 2 amide bonds. The van der Waals surface area contributed by atoms with Crippen molar-refractivity contribution in [2.45, 2.75) is 32.2 Å². The van der Waals surface area contributed by atoms with Crippen molar-refractivity contribution in [3.63, 3.8) is 0 Å². The third-order valence-electron chi connectivity index (χ3n) is 6.17. The van der Waals surface area contributed by atoms with Crippen LogP contribution in [0, 0.1) is 12.8 Å². The van der Waals surface area contributed by atoms with Gasteiger partial charge in [-0.15, -0.1) is 0 Å². The molecule has 1 aromatic heterocycles. The number of aryl methyl sites for hydroxylation is 2. The van der Waals surface area contributed by atoms with Gasteiger partial charge in [0.1, 0.15) is 0 Å². The number of urea groups is 1. The van der Waals surface area contributed by atoms with Gasteiger partial charge >= 0.3 is 6.03 Å². The monoisotopic (exact) mass is 395 g/mol. The lowest BCUT2D eigenvalue weighted by Crippen LogP contribution is -2.54. The Balaban J connectivity index is 1.29. The van der Waals surface area contributed by atoms with Crippen molar-refractivity contribution in [2.24, 2.45) is 13.0 Å². The van der Waals surface area contributed by atoms with Crippen molar-refractivity contribution in [1.82, 2.24) is 19.8 Å². The van der Waals surface area contributed by atoms with Gasteiger partial charge in [-0.05, 0) is 37.7 Å². The first-order chi connectivity index (χ1) is 13.9. The largest absolute Gasteiger partial charge is 0.348 e. The highest BCUT2D eigenvalue weighted by molar-refractivity contribution is 5.75. The molecule has 0 bridgehead atoms. The standard InChI is InChI=1S/C22H29N5O2/c1-15-5-4-6-17(13-15)19-14-18(19)16(2)24-22(29)27-11-9-26(10-12-27)20-21(28)25(3)8-7-23-20/h4-8,13,16,18-19H,9-12,14H2,1-3H3,(H,24,29). The van der Waals surface area contributed by atoms with E-state index >= 15 is 0 Å².